The number of amides is 2. The molecule has 0 saturated carbocycles. The number of nitrogen functional groups attached to an aromatic ring is 1. The molecule has 0 unspecified atom stereocenters. The van der Waals surface area contributed by atoms with Crippen molar-refractivity contribution in [3.05, 3.63) is 35.9 Å². The smallest absolute Gasteiger partial charge is 0.261 e. The molecular weight excluding hydrogens is 192 g/mol. The minimum Gasteiger partial charge on any atom is -0.397 e. The zero-order valence-electron chi connectivity index (χ0n) is 8.23. The lowest BCUT2D eigenvalue weighted by molar-refractivity contribution is -0.120. The van der Waals surface area contributed by atoms with Crippen LogP contribution in [0.25, 0.3) is 0 Å². The first kappa shape index (κ1) is 9.45. The van der Waals surface area contributed by atoms with Gasteiger partial charge in [-0.2, -0.15) is 0 Å². The molecule has 4 heteroatoms. The lowest BCUT2D eigenvalue weighted by atomic mass is 10.2. The molecular formula is C11H10N2O2. The van der Waals surface area contributed by atoms with Gasteiger partial charge < -0.3 is 5.73 Å². The first-order valence-electron chi connectivity index (χ1n) is 4.52. The third kappa shape index (κ3) is 1.40. The molecule has 0 atom stereocenters. The summed E-state index contributed by atoms with van der Waals surface area (Å²) in [6, 6.07) is 6.80. The largest absolute Gasteiger partial charge is 0.397 e. The van der Waals surface area contributed by atoms with Crippen LogP contribution in [0.3, 0.4) is 0 Å². The summed E-state index contributed by atoms with van der Waals surface area (Å²) >= 11 is 0. The van der Waals surface area contributed by atoms with Crippen LogP contribution in [0.5, 0.6) is 0 Å². The number of nitrogens with two attached hydrogens (primary N) is 1. The van der Waals surface area contributed by atoms with Crippen LogP contribution >= 0.6 is 0 Å². The topological polar surface area (TPSA) is 63.4 Å². The highest BCUT2D eigenvalue weighted by atomic mass is 16.2. The van der Waals surface area contributed by atoms with Gasteiger partial charge in [0.1, 0.15) is 0 Å². The van der Waals surface area contributed by atoms with E-state index in [9.17, 15) is 9.59 Å². The van der Waals surface area contributed by atoms with Crippen LogP contribution in [0.2, 0.25) is 0 Å². The number of para-hydroxylation sites is 2. The fourth-order valence-electron chi connectivity index (χ4n) is 1.51. The number of benzene rings is 1. The van der Waals surface area contributed by atoms with Crippen molar-refractivity contribution in [1.82, 2.24) is 0 Å². The normalized spacial score (nSPS) is 15.8. The molecule has 1 aromatic rings. The van der Waals surface area contributed by atoms with Crippen LogP contribution in [0.4, 0.5) is 11.4 Å². The maximum Gasteiger partial charge on any atom is 0.261 e. The van der Waals surface area contributed by atoms with Gasteiger partial charge in [0, 0.05) is 11.6 Å². The summed E-state index contributed by atoms with van der Waals surface area (Å²) in [6.45, 7) is 1.61. The number of hydrogen-bond donors (Lipinski definition) is 1. The number of anilines is 2. The van der Waals surface area contributed by atoms with Crippen LogP contribution in [0.1, 0.15) is 6.92 Å². The summed E-state index contributed by atoms with van der Waals surface area (Å²) in [5, 5.41) is 0. The Kier molecular flexibility index (Phi) is 2.04. The van der Waals surface area contributed by atoms with Crippen LogP contribution in [-0.4, -0.2) is 11.8 Å². The first-order chi connectivity index (χ1) is 7.11. The number of carbonyl (C=O) groups excluding carboxylic acids is 2. The number of nitrogens with zero attached hydrogens (tertiary/aromatic N) is 1. The molecule has 1 aliphatic heterocycles. The minimum absolute atomic E-state index is 0.307. The molecule has 0 spiro atoms. The molecule has 4 nitrogen and oxygen atoms in total. The quantitative estimate of drug-likeness (QED) is 0.547. The number of imide groups is 1. The van der Waals surface area contributed by atoms with Gasteiger partial charge in [0.05, 0.1) is 11.4 Å². The third-order valence-electron chi connectivity index (χ3n) is 2.28. The van der Waals surface area contributed by atoms with Gasteiger partial charge in [-0.3, -0.25) is 9.59 Å². The van der Waals surface area contributed by atoms with Gasteiger partial charge in [-0.05, 0) is 19.1 Å². The van der Waals surface area contributed by atoms with E-state index in [0.717, 1.165) is 4.90 Å². The maximum atomic E-state index is 11.6. The lowest BCUT2D eigenvalue weighted by Gasteiger charge is -2.16. The molecule has 1 aliphatic rings. The molecule has 15 heavy (non-hydrogen) atoms. The molecule has 2 amide bonds. The van der Waals surface area contributed by atoms with E-state index in [1.54, 1.807) is 31.2 Å². The Morgan fingerprint density at radius 3 is 2.40 bits per heavy atom. The fourth-order valence-corrected chi connectivity index (χ4v) is 1.51. The Morgan fingerprint density at radius 1 is 1.20 bits per heavy atom. The van der Waals surface area contributed by atoms with Crippen molar-refractivity contribution >= 4 is 23.2 Å². The molecule has 1 aromatic carbocycles. The molecule has 76 valence electrons. The zero-order valence-corrected chi connectivity index (χ0v) is 8.23. The zero-order chi connectivity index (χ0) is 11.0. The predicted molar refractivity (Wildman–Crippen MR) is 57.1 cm³/mol. The van der Waals surface area contributed by atoms with Crippen molar-refractivity contribution in [3.63, 3.8) is 0 Å². The second-order valence-corrected chi connectivity index (χ2v) is 3.36. The average molecular weight is 202 g/mol. The molecule has 0 aromatic heterocycles. The van der Waals surface area contributed by atoms with Gasteiger partial charge in [-0.15, -0.1) is 0 Å². The highest BCUT2D eigenvalue weighted by Crippen LogP contribution is 2.27. The maximum absolute atomic E-state index is 11.6. The highest BCUT2D eigenvalue weighted by Gasteiger charge is 2.30. The van der Waals surface area contributed by atoms with Crippen molar-refractivity contribution < 1.29 is 9.59 Å². The van der Waals surface area contributed by atoms with Gasteiger partial charge in [0.15, 0.2) is 0 Å². The van der Waals surface area contributed by atoms with Gasteiger partial charge >= 0.3 is 0 Å². The first-order valence-corrected chi connectivity index (χ1v) is 4.52. The summed E-state index contributed by atoms with van der Waals surface area (Å²) in [7, 11) is 0. The molecule has 2 rings (SSSR count). The SMILES string of the molecule is CC1=CC(=O)N(c2ccccc2N)C1=O. The monoisotopic (exact) mass is 202 g/mol. The minimum atomic E-state index is -0.338. The Bertz CT molecular complexity index is 477. The fraction of sp³-hybridized carbons (Fsp3) is 0.0909. The van der Waals surface area contributed by atoms with E-state index in [4.69, 9.17) is 5.73 Å². The van der Waals surface area contributed by atoms with E-state index in [1.807, 2.05) is 0 Å². The Morgan fingerprint density at radius 2 is 1.87 bits per heavy atom. The van der Waals surface area contributed by atoms with Crippen molar-refractivity contribution in [2.75, 3.05) is 10.6 Å². The van der Waals surface area contributed by atoms with Crippen LogP contribution < -0.4 is 10.6 Å². The molecule has 0 radical (unpaired) electrons. The molecule has 0 bridgehead atoms. The Balaban J connectivity index is 2.47. The second-order valence-electron chi connectivity index (χ2n) is 3.36. The van der Waals surface area contributed by atoms with E-state index in [-0.39, 0.29) is 11.8 Å². The van der Waals surface area contributed by atoms with E-state index < -0.39 is 0 Å². The molecule has 1 heterocycles. The molecule has 2 N–H and O–H groups in total. The number of carbonyl (C=O) groups is 2. The van der Waals surface area contributed by atoms with E-state index in [0.29, 0.717) is 16.9 Å². The summed E-state index contributed by atoms with van der Waals surface area (Å²) < 4.78 is 0. The van der Waals surface area contributed by atoms with E-state index in [1.165, 1.54) is 6.08 Å². The summed E-state index contributed by atoms with van der Waals surface area (Å²) in [4.78, 5) is 24.3. The summed E-state index contributed by atoms with van der Waals surface area (Å²) in [5.74, 6) is -0.645. The summed E-state index contributed by atoms with van der Waals surface area (Å²) in [6.07, 6.45) is 1.31. The van der Waals surface area contributed by atoms with E-state index >= 15 is 0 Å². The van der Waals surface area contributed by atoms with Crippen LogP contribution in [0, 0.1) is 0 Å². The number of hydrogen-bond acceptors (Lipinski definition) is 3. The molecule has 0 fully saturated rings. The predicted octanol–water partition coefficient (Wildman–Crippen LogP) is 1.09. The van der Waals surface area contributed by atoms with Crippen molar-refractivity contribution in [3.8, 4) is 0 Å². The lowest BCUT2D eigenvalue weighted by Crippen LogP contribution is -2.31. The highest BCUT2D eigenvalue weighted by molar-refractivity contribution is 6.31. The van der Waals surface area contributed by atoms with Crippen LogP contribution in [0.15, 0.2) is 35.9 Å². The average Bonchev–Trinajstić information content (AvgIpc) is 2.43. The van der Waals surface area contributed by atoms with Gasteiger partial charge in [0.25, 0.3) is 11.8 Å². The molecule has 0 aliphatic carbocycles. The standard InChI is InChI=1S/C11H10N2O2/c1-7-6-10(14)13(11(7)15)9-5-3-2-4-8(9)12/h2-6H,12H2,1H3. The number of rotatable bonds is 1. The third-order valence-corrected chi connectivity index (χ3v) is 2.28. The van der Waals surface area contributed by atoms with Crippen molar-refractivity contribution in [2.24, 2.45) is 0 Å². The van der Waals surface area contributed by atoms with Crippen molar-refractivity contribution in [1.29, 1.82) is 0 Å². The van der Waals surface area contributed by atoms with E-state index in [2.05, 4.69) is 0 Å². The van der Waals surface area contributed by atoms with Gasteiger partial charge in [-0.25, -0.2) is 4.90 Å². The van der Waals surface area contributed by atoms with Gasteiger partial charge in [0.2, 0.25) is 0 Å². The Hall–Kier alpha value is -2.10. The summed E-state index contributed by atoms with van der Waals surface area (Å²) in [5.41, 5.74) is 7.00. The molecule has 0 saturated heterocycles. The second kappa shape index (κ2) is 3.24. The van der Waals surface area contributed by atoms with Gasteiger partial charge in [-0.1, -0.05) is 12.1 Å². The Labute approximate surface area is 87.0 Å². The van der Waals surface area contributed by atoms with Crippen molar-refractivity contribution in [2.45, 2.75) is 6.92 Å². The van der Waals surface area contributed by atoms with Crippen LogP contribution in [-0.2, 0) is 9.59 Å².